The quantitative estimate of drug-likeness (QED) is 0.888. The lowest BCUT2D eigenvalue weighted by Crippen LogP contribution is -2.50. The first-order chi connectivity index (χ1) is 10.3. The summed E-state index contributed by atoms with van der Waals surface area (Å²) in [5.74, 6) is -0.540. The van der Waals surface area contributed by atoms with Crippen molar-refractivity contribution in [2.24, 2.45) is 5.73 Å². The van der Waals surface area contributed by atoms with Gasteiger partial charge in [0.05, 0.1) is 11.9 Å². The van der Waals surface area contributed by atoms with E-state index in [9.17, 15) is 9.59 Å². The average molecular weight is 306 g/mol. The van der Waals surface area contributed by atoms with E-state index in [2.05, 4.69) is 9.88 Å². The minimum absolute atomic E-state index is 0.246. The van der Waals surface area contributed by atoms with E-state index in [1.165, 1.54) is 0 Å². The topological polar surface area (TPSA) is 88.8 Å². The van der Waals surface area contributed by atoms with Crippen molar-refractivity contribution in [1.29, 1.82) is 0 Å². The molecule has 7 heteroatoms. The van der Waals surface area contributed by atoms with Gasteiger partial charge in [0.25, 0.3) is 5.91 Å². The maximum absolute atomic E-state index is 12.0. The number of nitrogens with zero attached hydrogens (tertiary/aromatic N) is 3. The molecule has 7 nitrogen and oxygen atoms in total. The highest BCUT2D eigenvalue weighted by molar-refractivity contribution is 5.90. The molecule has 1 fully saturated rings. The Morgan fingerprint density at radius 3 is 2.27 bits per heavy atom. The van der Waals surface area contributed by atoms with Gasteiger partial charge >= 0.3 is 6.09 Å². The largest absolute Gasteiger partial charge is 0.444 e. The number of aromatic nitrogens is 1. The summed E-state index contributed by atoms with van der Waals surface area (Å²) in [5.41, 5.74) is 5.85. The van der Waals surface area contributed by atoms with Crippen molar-refractivity contribution in [3.8, 4) is 0 Å². The second-order valence-corrected chi connectivity index (χ2v) is 6.22. The van der Waals surface area contributed by atoms with Gasteiger partial charge in [0.2, 0.25) is 0 Å². The zero-order valence-electron chi connectivity index (χ0n) is 13.2. The van der Waals surface area contributed by atoms with Crippen LogP contribution in [0, 0.1) is 0 Å². The molecule has 2 N–H and O–H groups in total. The molecule has 0 bridgehead atoms. The lowest BCUT2D eigenvalue weighted by molar-refractivity contribution is 0.0240. The molecule has 1 aromatic rings. The van der Waals surface area contributed by atoms with Crippen LogP contribution in [-0.2, 0) is 4.74 Å². The summed E-state index contributed by atoms with van der Waals surface area (Å²) in [6, 6.07) is 3.42. The number of carbonyl (C=O) groups excluding carboxylic acids is 2. The minimum Gasteiger partial charge on any atom is -0.444 e. The molecule has 2 rings (SSSR count). The molecule has 0 saturated carbocycles. The number of carbonyl (C=O) groups is 2. The molecule has 2 amide bonds. The Hall–Kier alpha value is -2.31. The summed E-state index contributed by atoms with van der Waals surface area (Å²) in [6.07, 6.45) is 1.35. The van der Waals surface area contributed by atoms with Crippen LogP contribution in [0.5, 0.6) is 0 Å². The fourth-order valence-corrected chi connectivity index (χ4v) is 2.19. The number of hydrogen-bond donors (Lipinski definition) is 1. The molecule has 120 valence electrons. The van der Waals surface area contributed by atoms with Crippen LogP contribution in [0.25, 0.3) is 0 Å². The van der Waals surface area contributed by atoms with Gasteiger partial charge < -0.3 is 20.3 Å². The Balaban J connectivity index is 1.91. The maximum atomic E-state index is 12.0. The zero-order chi connectivity index (χ0) is 16.3. The molecular formula is C15H22N4O3. The molecule has 0 aliphatic carbocycles. The van der Waals surface area contributed by atoms with E-state index in [1.807, 2.05) is 26.8 Å². The fourth-order valence-electron chi connectivity index (χ4n) is 2.19. The summed E-state index contributed by atoms with van der Waals surface area (Å²) >= 11 is 0. The summed E-state index contributed by atoms with van der Waals surface area (Å²) in [4.78, 5) is 30.9. The van der Waals surface area contributed by atoms with Crippen LogP contribution in [-0.4, -0.2) is 53.7 Å². The van der Waals surface area contributed by atoms with Crippen molar-refractivity contribution in [2.45, 2.75) is 26.4 Å². The van der Waals surface area contributed by atoms with Gasteiger partial charge in [-0.25, -0.2) is 9.78 Å². The summed E-state index contributed by atoms with van der Waals surface area (Å²) in [7, 11) is 0. The highest BCUT2D eigenvalue weighted by Gasteiger charge is 2.26. The van der Waals surface area contributed by atoms with Crippen LogP contribution < -0.4 is 10.6 Å². The molecule has 0 aromatic carbocycles. The number of anilines is 1. The third-order valence-corrected chi connectivity index (χ3v) is 3.30. The Bertz CT molecular complexity index is 543. The fraction of sp³-hybridized carbons (Fsp3) is 0.533. The van der Waals surface area contributed by atoms with Gasteiger partial charge in [-0.05, 0) is 32.9 Å². The van der Waals surface area contributed by atoms with Gasteiger partial charge in [0, 0.05) is 26.2 Å². The Kier molecular flexibility index (Phi) is 4.54. The Labute approximate surface area is 130 Å². The van der Waals surface area contributed by atoms with E-state index in [0.29, 0.717) is 26.2 Å². The Morgan fingerprint density at radius 2 is 1.82 bits per heavy atom. The first-order valence-electron chi connectivity index (χ1n) is 7.25. The first kappa shape index (κ1) is 16.1. The highest BCUT2D eigenvalue weighted by atomic mass is 16.6. The second-order valence-electron chi connectivity index (χ2n) is 6.22. The molecule has 22 heavy (non-hydrogen) atoms. The number of primary amides is 1. The summed E-state index contributed by atoms with van der Waals surface area (Å²) in [6.45, 7) is 8.12. The van der Waals surface area contributed by atoms with Crippen molar-refractivity contribution in [1.82, 2.24) is 9.88 Å². The molecule has 0 unspecified atom stereocenters. The minimum atomic E-state index is -0.540. The summed E-state index contributed by atoms with van der Waals surface area (Å²) in [5, 5.41) is 0. The SMILES string of the molecule is CC(C)(C)OC(=O)N1CCN(c2ccc(C(N)=O)nc2)CC1. The van der Waals surface area contributed by atoms with Gasteiger partial charge in [-0.3, -0.25) is 4.79 Å². The number of piperazine rings is 1. The molecular weight excluding hydrogens is 284 g/mol. The highest BCUT2D eigenvalue weighted by Crippen LogP contribution is 2.17. The third-order valence-electron chi connectivity index (χ3n) is 3.30. The first-order valence-corrected chi connectivity index (χ1v) is 7.25. The lowest BCUT2D eigenvalue weighted by Gasteiger charge is -2.36. The van der Waals surface area contributed by atoms with Crippen LogP contribution in [0.4, 0.5) is 10.5 Å². The van der Waals surface area contributed by atoms with Gasteiger partial charge in [-0.1, -0.05) is 0 Å². The Morgan fingerprint density at radius 1 is 1.18 bits per heavy atom. The number of nitrogens with two attached hydrogens (primary N) is 1. The molecule has 0 spiro atoms. The van der Waals surface area contributed by atoms with Crippen molar-refractivity contribution in [3.05, 3.63) is 24.0 Å². The normalized spacial score (nSPS) is 15.6. The number of ether oxygens (including phenoxy) is 1. The molecule has 1 aliphatic heterocycles. The third kappa shape index (κ3) is 4.09. The molecule has 1 aliphatic rings. The number of rotatable bonds is 2. The van der Waals surface area contributed by atoms with Gasteiger partial charge in [0.1, 0.15) is 11.3 Å². The number of amides is 2. The number of hydrogen-bond acceptors (Lipinski definition) is 5. The van der Waals surface area contributed by atoms with Crippen LogP contribution >= 0.6 is 0 Å². The van der Waals surface area contributed by atoms with Crippen LogP contribution in [0.2, 0.25) is 0 Å². The maximum Gasteiger partial charge on any atom is 0.410 e. The van der Waals surface area contributed by atoms with Gasteiger partial charge in [-0.2, -0.15) is 0 Å². The van der Waals surface area contributed by atoms with Crippen molar-refractivity contribution < 1.29 is 14.3 Å². The predicted molar refractivity (Wildman–Crippen MR) is 82.8 cm³/mol. The van der Waals surface area contributed by atoms with Gasteiger partial charge in [0.15, 0.2) is 0 Å². The van der Waals surface area contributed by atoms with Crippen LogP contribution in [0.15, 0.2) is 18.3 Å². The molecule has 0 atom stereocenters. The average Bonchev–Trinajstić information content (AvgIpc) is 2.46. The zero-order valence-corrected chi connectivity index (χ0v) is 13.2. The second kappa shape index (κ2) is 6.21. The van der Waals surface area contributed by atoms with E-state index >= 15 is 0 Å². The molecule has 0 radical (unpaired) electrons. The van der Waals surface area contributed by atoms with Crippen molar-refractivity contribution >= 4 is 17.7 Å². The number of pyridine rings is 1. The van der Waals surface area contributed by atoms with E-state index < -0.39 is 11.5 Å². The van der Waals surface area contributed by atoms with Gasteiger partial charge in [-0.15, -0.1) is 0 Å². The smallest absolute Gasteiger partial charge is 0.410 e. The lowest BCUT2D eigenvalue weighted by atomic mass is 10.2. The van der Waals surface area contributed by atoms with Crippen LogP contribution in [0.3, 0.4) is 0 Å². The molecule has 1 saturated heterocycles. The summed E-state index contributed by atoms with van der Waals surface area (Å²) < 4.78 is 5.36. The predicted octanol–water partition coefficient (Wildman–Crippen LogP) is 1.24. The van der Waals surface area contributed by atoms with Crippen molar-refractivity contribution in [2.75, 3.05) is 31.1 Å². The monoisotopic (exact) mass is 306 g/mol. The van der Waals surface area contributed by atoms with E-state index in [1.54, 1.807) is 17.2 Å². The molecule has 2 heterocycles. The van der Waals surface area contributed by atoms with Crippen molar-refractivity contribution in [3.63, 3.8) is 0 Å². The van der Waals surface area contributed by atoms with E-state index in [-0.39, 0.29) is 11.8 Å². The van der Waals surface area contributed by atoms with E-state index in [0.717, 1.165) is 5.69 Å². The standard InChI is InChI=1S/C15H22N4O3/c1-15(2,3)22-14(21)19-8-6-18(7-9-19)11-4-5-12(13(16)20)17-10-11/h4-5,10H,6-9H2,1-3H3,(H2,16,20). The molecule has 1 aromatic heterocycles. The van der Waals surface area contributed by atoms with Crippen LogP contribution in [0.1, 0.15) is 31.3 Å². The van der Waals surface area contributed by atoms with E-state index in [4.69, 9.17) is 10.5 Å².